The largest absolute Gasteiger partial charge is 0.477 e. The molecule has 6 heteroatoms. The molecule has 0 fully saturated rings. The smallest absolute Gasteiger partial charge is 0.354 e. The summed E-state index contributed by atoms with van der Waals surface area (Å²) in [6, 6.07) is 3.24. The number of carbonyl (C=O) groups is 1. The van der Waals surface area contributed by atoms with Gasteiger partial charge in [-0.15, -0.1) is 0 Å². The van der Waals surface area contributed by atoms with Gasteiger partial charge in [-0.1, -0.05) is 11.6 Å². The molecule has 0 radical (unpaired) electrons. The van der Waals surface area contributed by atoms with Gasteiger partial charge in [0.05, 0.1) is 9.50 Å². The number of aromatic nitrogens is 2. The number of nitrogens with zero attached hydrogens (tertiary/aromatic N) is 1. The number of aromatic amines is 1. The van der Waals surface area contributed by atoms with E-state index in [1.807, 2.05) is 0 Å². The Balaban J connectivity index is 2.83. The van der Waals surface area contributed by atoms with Crippen molar-refractivity contribution in [1.82, 2.24) is 10.2 Å². The van der Waals surface area contributed by atoms with E-state index in [-0.39, 0.29) is 5.69 Å². The molecule has 2 aromatic rings. The lowest BCUT2D eigenvalue weighted by Gasteiger charge is -1.95. The molecule has 0 saturated carbocycles. The number of nitrogens with one attached hydrogen (secondary N) is 1. The predicted molar refractivity (Wildman–Crippen MR) is 55.8 cm³/mol. The van der Waals surface area contributed by atoms with E-state index in [1.54, 1.807) is 12.1 Å². The van der Waals surface area contributed by atoms with Gasteiger partial charge in [0.2, 0.25) is 0 Å². The summed E-state index contributed by atoms with van der Waals surface area (Å²) in [7, 11) is 0. The Labute approximate surface area is 92.0 Å². The number of carboxylic acid groups (broad SMARTS) is 1. The Morgan fingerprint density at radius 2 is 2.29 bits per heavy atom. The van der Waals surface area contributed by atoms with Crippen molar-refractivity contribution in [2.24, 2.45) is 0 Å². The van der Waals surface area contributed by atoms with Crippen LogP contribution in [0.15, 0.2) is 16.6 Å². The molecular weight excluding hydrogens is 271 g/mol. The zero-order valence-corrected chi connectivity index (χ0v) is 9.06. The van der Waals surface area contributed by atoms with Gasteiger partial charge in [-0.25, -0.2) is 4.79 Å². The summed E-state index contributed by atoms with van der Waals surface area (Å²) in [5.74, 6) is -1.04. The van der Waals surface area contributed by atoms with Crippen molar-refractivity contribution in [3.8, 4) is 0 Å². The average Bonchev–Trinajstić information content (AvgIpc) is 2.55. The first-order valence-corrected chi connectivity index (χ1v) is 4.83. The highest BCUT2D eigenvalue weighted by atomic mass is 79.9. The van der Waals surface area contributed by atoms with Gasteiger partial charge < -0.3 is 5.11 Å². The minimum absolute atomic E-state index is 0.0670. The number of benzene rings is 1. The maximum absolute atomic E-state index is 10.8. The zero-order valence-electron chi connectivity index (χ0n) is 6.71. The third-order valence-corrected chi connectivity index (χ3v) is 3.18. The molecule has 0 aliphatic rings. The summed E-state index contributed by atoms with van der Waals surface area (Å²) in [6.07, 6.45) is 0. The summed E-state index contributed by atoms with van der Waals surface area (Å²) in [5.41, 5.74) is 0.590. The van der Waals surface area contributed by atoms with Crippen LogP contribution in [-0.2, 0) is 0 Å². The summed E-state index contributed by atoms with van der Waals surface area (Å²) in [4.78, 5) is 10.8. The number of aromatic carboxylic acids is 1. The molecular formula is C8H4BrClN2O2. The number of hydrogen-bond acceptors (Lipinski definition) is 2. The van der Waals surface area contributed by atoms with E-state index in [4.69, 9.17) is 16.7 Å². The molecule has 14 heavy (non-hydrogen) atoms. The monoisotopic (exact) mass is 274 g/mol. The molecule has 2 rings (SSSR count). The van der Waals surface area contributed by atoms with Crippen molar-refractivity contribution in [2.45, 2.75) is 0 Å². The lowest BCUT2D eigenvalue weighted by molar-refractivity contribution is 0.0692. The van der Waals surface area contributed by atoms with Crippen molar-refractivity contribution in [3.63, 3.8) is 0 Å². The van der Waals surface area contributed by atoms with Crippen LogP contribution in [0.4, 0.5) is 0 Å². The van der Waals surface area contributed by atoms with E-state index in [0.717, 1.165) is 0 Å². The molecule has 0 saturated heterocycles. The van der Waals surface area contributed by atoms with Crippen LogP contribution < -0.4 is 0 Å². The Bertz CT molecular complexity index is 523. The Morgan fingerprint density at radius 1 is 1.57 bits per heavy atom. The van der Waals surface area contributed by atoms with Crippen molar-refractivity contribution in [2.75, 3.05) is 0 Å². The van der Waals surface area contributed by atoms with Gasteiger partial charge in [-0.05, 0) is 28.1 Å². The molecule has 0 aliphatic heterocycles. The second-order valence-electron chi connectivity index (χ2n) is 2.66. The minimum Gasteiger partial charge on any atom is -0.477 e. The molecule has 0 spiro atoms. The number of carboxylic acids is 1. The van der Waals surface area contributed by atoms with Crippen LogP contribution in [0.1, 0.15) is 10.5 Å². The number of fused-ring (bicyclic) bond motifs is 1. The number of halogens is 2. The maximum Gasteiger partial charge on any atom is 0.354 e. The number of hydrogen-bond donors (Lipinski definition) is 2. The molecule has 0 unspecified atom stereocenters. The standard InChI is InChI=1S/C8H4BrClN2O2/c9-5-4(10)2-1-3-6(5)11-12-7(3)8(13)14/h1-2H,(H,11,12)(H,13,14). The fourth-order valence-electron chi connectivity index (χ4n) is 1.19. The lowest BCUT2D eigenvalue weighted by atomic mass is 10.2. The first-order valence-electron chi connectivity index (χ1n) is 3.66. The van der Waals surface area contributed by atoms with E-state index >= 15 is 0 Å². The first-order chi connectivity index (χ1) is 6.61. The van der Waals surface area contributed by atoms with Crippen molar-refractivity contribution in [3.05, 3.63) is 27.3 Å². The fourth-order valence-corrected chi connectivity index (χ4v) is 1.77. The van der Waals surface area contributed by atoms with Crippen molar-refractivity contribution >= 4 is 44.4 Å². The third kappa shape index (κ3) is 1.29. The molecule has 0 bridgehead atoms. The van der Waals surface area contributed by atoms with Crippen molar-refractivity contribution < 1.29 is 9.90 Å². The van der Waals surface area contributed by atoms with Crippen LogP contribution in [0.2, 0.25) is 5.02 Å². The van der Waals surface area contributed by atoms with Gasteiger partial charge in [0.25, 0.3) is 0 Å². The van der Waals surface area contributed by atoms with Gasteiger partial charge in [0, 0.05) is 5.39 Å². The molecule has 0 aliphatic carbocycles. The zero-order chi connectivity index (χ0) is 10.3. The number of H-pyrrole nitrogens is 1. The van der Waals surface area contributed by atoms with Crippen LogP contribution in [0.3, 0.4) is 0 Å². The van der Waals surface area contributed by atoms with Crippen LogP contribution in [0.5, 0.6) is 0 Å². The second kappa shape index (κ2) is 3.25. The second-order valence-corrected chi connectivity index (χ2v) is 3.86. The third-order valence-electron chi connectivity index (χ3n) is 1.83. The SMILES string of the molecule is O=C(O)c1[nH]nc2c(Br)c(Cl)ccc12. The van der Waals surface area contributed by atoms with Crippen molar-refractivity contribution in [1.29, 1.82) is 0 Å². The summed E-state index contributed by atoms with van der Waals surface area (Å²) < 4.78 is 0.598. The lowest BCUT2D eigenvalue weighted by Crippen LogP contribution is -1.96. The van der Waals surface area contributed by atoms with E-state index in [2.05, 4.69) is 26.1 Å². The summed E-state index contributed by atoms with van der Waals surface area (Å²) in [5, 5.41) is 16.2. The Morgan fingerprint density at radius 3 is 2.93 bits per heavy atom. The molecule has 1 heterocycles. The highest BCUT2D eigenvalue weighted by Gasteiger charge is 2.14. The molecule has 1 aromatic heterocycles. The van der Waals surface area contributed by atoms with E-state index in [9.17, 15) is 4.79 Å². The molecule has 1 aromatic carbocycles. The number of rotatable bonds is 1. The van der Waals surface area contributed by atoms with Crippen LogP contribution in [-0.4, -0.2) is 21.3 Å². The Hall–Kier alpha value is -1.07. The maximum atomic E-state index is 10.8. The van der Waals surface area contributed by atoms with Gasteiger partial charge in [-0.3, -0.25) is 5.10 Å². The average molecular weight is 275 g/mol. The topological polar surface area (TPSA) is 66.0 Å². The predicted octanol–water partition coefficient (Wildman–Crippen LogP) is 2.68. The van der Waals surface area contributed by atoms with Gasteiger partial charge >= 0.3 is 5.97 Å². The van der Waals surface area contributed by atoms with E-state index in [1.165, 1.54) is 0 Å². The molecule has 4 nitrogen and oxygen atoms in total. The van der Waals surface area contributed by atoms with Gasteiger partial charge in [-0.2, -0.15) is 5.10 Å². The van der Waals surface area contributed by atoms with Crippen LogP contribution in [0.25, 0.3) is 10.9 Å². The molecule has 0 amide bonds. The molecule has 0 atom stereocenters. The first kappa shape index (κ1) is 9.48. The minimum atomic E-state index is -1.04. The highest BCUT2D eigenvalue weighted by Crippen LogP contribution is 2.30. The summed E-state index contributed by atoms with van der Waals surface area (Å²) >= 11 is 9.06. The van der Waals surface area contributed by atoms with Crippen LogP contribution in [0, 0.1) is 0 Å². The quantitative estimate of drug-likeness (QED) is 0.841. The van der Waals surface area contributed by atoms with Gasteiger partial charge in [0.1, 0.15) is 5.52 Å². The van der Waals surface area contributed by atoms with Gasteiger partial charge in [0.15, 0.2) is 5.69 Å². The van der Waals surface area contributed by atoms with E-state index in [0.29, 0.717) is 20.4 Å². The molecule has 72 valence electrons. The highest BCUT2D eigenvalue weighted by molar-refractivity contribution is 9.10. The van der Waals surface area contributed by atoms with Crippen LogP contribution >= 0.6 is 27.5 Å². The normalized spacial score (nSPS) is 10.7. The fraction of sp³-hybridized carbons (Fsp3) is 0. The Kier molecular flexibility index (Phi) is 2.20. The summed E-state index contributed by atoms with van der Waals surface area (Å²) in [6.45, 7) is 0. The molecule has 2 N–H and O–H groups in total. The van der Waals surface area contributed by atoms with E-state index < -0.39 is 5.97 Å².